The third-order valence-corrected chi connectivity index (χ3v) is 5.89. The second-order valence-corrected chi connectivity index (χ2v) is 8.00. The van der Waals surface area contributed by atoms with Gasteiger partial charge in [-0.3, -0.25) is 9.05 Å². The first kappa shape index (κ1) is 13.9. The molecule has 0 bridgehead atoms. The zero-order valence-electron chi connectivity index (χ0n) is 11.3. The van der Waals surface area contributed by atoms with Gasteiger partial charge in [-0.1, -0.05) is 22.0 Å². The third-order valence-electron chi connectivity index (χ3n) is 4.28. The summed E-state index contributed by atoms with van der Waals surface area (Å²) in [7, 11) is -0.993. The van der Waals surface area contributed by atoms with Gasteiger partial charge < -0.3 is 10.7 Å². The fraction of sp³-hybridized carbons (Fsp3) is 0.429. The zero-order chi connectivity index (χ0) is 14.6. The molecule has 2 aliphatic heterocycles. The van der Waals surface area contributed by atoms with Crippen molar-refractivity contribution in [1.29, 1.82) is 0 Å². The summed E-state index contributed by atoms with van der Waals surface area (Å²) in [4.78, 5) is 9.22. The van der Waals surface area contributed by atoms with Gasteiger partial charge in [0.15, 0.2) is 0 Å². The van der Waals surface area contributed by atoms with Gasteiger partial charge in [-0.2, -0.15) is 5.06 Å². The van der Waals surface area contributed by atoms with E-state index in [2.05, 4.69) is 33.0 Å². The summed E-state index contributed by atoms with van der Waals surface area (Å²) in [5.41, 5.74) is 9.82. The number of halogens is 1. The minimum absolute atomic E-state index is 0.0838. The molecule has 1 fully saturated rings. The first-order chi connectivity index (χ1) is 10.1. The van der Waals surface area contributed by atoms with E-state index in [0.717, 1.165) is 16.4 Å². The smallest absolute Gasteiger partial charge is 0.143 e. The summed E-state index contributed by atoms with van der Waals surface area (Å²) in [6, 6.07) is 6.21. The molecular weight excluding hydrogens is 354 g/mol. The zero-order valence-corrected chi connectivity index (χ0v) is 13.7. The lowest BCUT2D eigenvalue weighted by Crippen LogP contribution is -2.50. The molecule has 0 amide bonds. The van der Waals surface area contributed by atoms with Crippen molar-refractivity contribution in [3.63, 3.8) is 0 Å². The Kier molecular flexibility index (Phi) is 3.42. The number of nitrogens with zero attached hydrogens (tertiary/aromatic N) is 1. The molecule has 4 rings (SSSR count). The van der Waals surface area contributed by atoms with E-state index in [-0.39, 0.29) is 18.0 Å². The van der Waals surface area contributed by atoms with Crippen LogP contribution in [0.1, 0.15) is 11.3 Å². The maximum absolute atomic E-state index is 11.8. The van der Waals surface area contributed by atoms with Crippen LogP contribution in [0, 0.1) is 0 Å². The van der Waals surface area contributed by atoms with Crippen LogP contribution in [0.5, 0.6) is 0 Å². The number of nitrogens with one attached hydrogen (secondary N) is 1. The van der Waals surface area contributed by atoms with Crippen LogP contribution in [-0.2, 0) is 28.6 Å². The molecule has 1 saturated heterocycles. The van der Waals surface area contributed by atoms with Crippen molar-refractivity contribution in [1.82, 2.24) is 10.0 Å². The Morgan fingerprint density at radius 1 is 1.48 bits per heavy atom. The van der Waals surface area contributed by atoms with Crippen molar-refractivity contribution in [2.75, 3.05) is 11.7 Å². The average Bonchev–Trinajstić information content (AvgIpc) is 2.73. The van der Waals surface area contributed by atoms with Crippen molar-refractivity contribution in [3.05, 3.63) is 33.9 Å². The maximum atomic E-state index is 11.8. The first-order valence-electron chi connectivity index (χ1n) is 6.91. The number of hydroxylamine groups is 2. The number of benzene rings is 1. The van der Waals surface area contributed by atoms with Gasteiger partial charge in [0, 0.05) is 39.3 Å². The normalized spacial score (nSPS) is 29.9. The minimum atomic E-state index is -0.993. The van der Waals surface area contributed by atoms with Crippen LogP contribution in [0.15, 0.2) is 22.7 Å². The lowest BCUT2D eigenvalue weighted by molar-refractivity contribution is -0.181. The molecule has 0 aliphatic carbocycles. The van der Waals surface area contributed by atoms with Crippen molar-refractivity contribution in [2.45, 2.75) is 25.0 Å². The van der Waals surface area contributed by atoms with Crippen molar-refractivity contribution < 1.29 is 9.05 Å². The van der Waals surface area contributed by atoms with Gasteiger partial charge in [-0.15, -0.1) is 0 Å². The summed E-state index contributed by atoms with van der Waals surface area (Å²) in [6.45, 7) is 0.687. The molecule has 3 heterocycles. The molecule has 7 heteroatoms. The Balaban J connectivity index is 1.76. The Bertz CT molecular complexity index is 732. The quantitative estimate of drug-likeness (QED) is 0.740. The standard InChI is InChI=1S/C14H16BrN3O2S/c15-8-1-2-9-10-5-18-14(4-13(10)17-12(9)3-8)11(16)6-21(19)7-20-18/h1-3,11,14,17H,4-7,16H2/t11-,14-,21+/m1/s1. The molecule has 5 nitrogen and oxygen atoms in total. The van der Waals surface area contributed by atoms with E-state index < -0.39 is 10.8 Å². The molecule has 2 aliphatic rings. The largest absolute Gasteiger partial charge is 0.358 e. The van der Waals surface area contributed by atoms with Crippen LogP contribution in [0.25, 0.3) is 10.9 Å². The lowest BCUT2D eigenvalue weighted by Gasteiger charge is -2.35. The van der Waals surface area contributed by atoms with E-state index in [0.29, 0.717) is 12.3 Å². The minimum Gasteiger partial charge on any atom is -0.358 e. The molecule has 1 aromatic carbocycles. The number of fused-ring (bicyclic) bond motifs is 4. The van der Waals surface area contributed by atoms with E-state index in [9.17, 15) is 4.21 Å². The molecule has 0 unspecified atom stereocenters. The molecular formula is C14H16BrN3O2S. The average molecular weight is 370 g/mol. The fourth-order valence-corrected chi connectivity index (χ4v) is 4.59. The number of rotatable bonds is 0. The number of nitrogens with two attached hydrogens (primary N) is 1. The third kappa shape index (κ3) is 2.37. The summed E-state index contributed by atoms with van der Waals surface area (Å²) in [5, 5.41) is 3.14. The monoisotopic (exact) mass is 369 g/mol. The molecule has 21 heavy (non-hydrogen) atoms. The Morgan fingerprint density at radius 2 is 2.33 bits per heavy atom. The van der Waals surface area contributed by atoms with Crippen molar-refractivity contribution in [2.24, 2.45) is 5.73 Å². The van der Waals surface area contributed by atoms with Crippen LogP contribution in [0.2, 0.25) is 0 Å². The van der Waals surface area contributed by atoms with E-state index in [1.807, 2.05) is 11.1 Å². The molecule has 0 saturated carbocycles. The van der Waals surface area contributed by atoms with Gasteiger partial charge in [0.1, 0.15) is 5.94 Å². The molecule has 0 spiro atoms. The van der Waals surface area contributed by atoms with Gasteiger partial charge in [-0.25, -0.2) is 0 Å². The van der Waals surface area contributed by atoms with E-state index in [4.69, 9.17) is 10.6 Å². The number of hydrogen-bond acceptors (Lipinski definition) is 4. The predicted molar refractivity (Wildman–Crippen MR) is 86.0 cm³/mol. The van der Waals surface area contributed by atoms with Crippen LogP contribution in [0.4, 0.5) is 0 Å². The Hall–Kier alpha value is -0.730. The van der Waals surface area contributed by atoms with E-state index >= 15 is 0 Å². The molecule has 3 atom stereocenters. The summed E-state index contributed by atoms with van der Waals surface area (Å²) >= 11 is 3.50. The molecule has 2 aromatic rings. The highest BCUT2D eigenvalue weighted by Crippen LogP contribution is 2.33. The predicted octanol–water partition coefficient (Wildman–Crippen LogP) is 1.64. The molecule has 112 valence electrons. The maximum Gasteiger partial charge on any atom is 0.143 e. The number of aromatic nitrogens is 1. The van der Waals surface area contributed by atoms with Crippen LogP contribution >= 0.6 is 15.9 Å². The lowest BCUT2D eigenvalue weighted by atomic mass is 9.96. The van der Waals surface area contributed by atoms with Crippen LogP contribution in [0.3, 0.4) is 0 Å². The van der Waals surface area contributed by atoms with Crippen LogP contribution in [-0.4, -0.2) is 38.0 Å². The highest BCUT2D eigenvalue weighted by Gasteiger charge is 2.36. The molecule has 3 N–H and O–H groups in total. The van der Waals surface area contributed by atoms with Crippen molar-refractivity contribution in [3.8, 4) is 0 Å². The number of aromatic amines is 1. The number of hydrogen-bond donors (Lipinski definition) is 2. The SMILES string of the molecule is N[C@@H]1C[S@](=O)CON2Cc3c([nH]c4cc(Br)ccc34)C[C@H]12. The Morgan fingerprint density at radius 3 is 3.19 bits per heavy atom. The highest BCUT2D eigenvalue weighted by molar-refractivity contribution is 9.10. The molecule has 0 radical (unpaired) electrons. The van der Waals surface area contributed by atoms with Gasteiger partial charge in [0.25, 0.3) is 0 Å². The Labute approximate surface area is 133 Å². The molecule has 1 aromatic heterocycles. The summed E-state index contributed by atoms with van der Waals surface area (Å²) in [5.74, 6) is 0.746. The van der Waals surface area contributed by atoms with E-state index in [1.54, 1.807) is 0 Å². The fourth-order valence-electron chi connectivity index (χ4n) is 3.23. The van der Waals surface area contributed by atoms with Gasteiger partial charge in [0.2, 0.25) is 0 Å². The second kappa shape index (κ2) is 5.17. The second-order valence-electron chi connectivity index (χ2n) is 5.64. The van der Waals surface area contributed by atoms with Gasteiger partial charge in [-0.05, 0) is 17.7 Å². The number of H-pyrrole nitrogens is 1. The van der Waals surface area contributed by atoms with Gasteiger partial charge in [0.05, 0.1) is 23.4 Å². The van der Waals surface area contributed by atoms with Crippen LogP contribution < -0.4 is 5.73 Å². The summed E-state index contributed by atoms with van der Waals surface area (Å²) < 4.78 is 12.8. The topological polar surface area (TPSA) is 71.4 Å². The summed E-state index contributed by atoms with van der Waals surface area (Å²) in [6.07, 6.45) is 0.806. The van der Waals surface area contributed by atoms with Gasteiger partial charge >= 0.3 is 0 Å². The first-order valence-corrected chi connectivity index (χ1v) is 9.19. The van der Waals surface area contributed by atoms with E-state index in [1.165, 1.54) is 16.6 Å². The van der Waals surface area contributed by atoms with Crippen molar-refractivity contribution >= 4 is 37.6 Å². The highest BCUT2D eigenvalue weighted by atomic mass is 79.9.